The molecule has 1 atom stereocenters. The van der Waals surface area contributed by atoms with Crippen LogP contribution in [0.3, 0.4) is 0 Å². The molecule has 1 heterocycles. The van der Waals surface area contributed by atoms with Crippen LogP contribution in [0.15, 0.2) is 0 Å². The Morgan fingerprint density at radius 3 is 2.37 bits per heavy atom. The van der Waals surface area contributed by atoms with Gasteiger partial charge in [0.15, 0.2) is 0 Å². The van der Waals surface area contributed by atoms with Gasteiger partial charge in [0.05, 0.1) is 6.07 Å². The number of carbonyl (C=O) groups is 1. The third kappa shape index (κ3) is 4.50. The van der Waals surface area contributed by atoms with Gasteiger partial charge in [-0.25, -0.2) is 0 Å². The molecular weight excluding hydrogens is 238 g/mol. The summed E-state index contributed by atoms with van der Waals surface area (Å²) in [6.45, 7) is 10.2. The SMILES string of the molecule is CC(CC(=O)NC1(C#N)CCN(C)CC1)C(C)(C)C. The number of nitrogens with one attached hydrogen (secondary N) is 1. The van der Waals surface area contributed by atoms with Gasteiger partial charge in [-0.05, 0) is 31.2 Å². The van der Waals surface area contributed by atoms with E-state index in [4.69, 9.17) is 0 Å². The number of carbonyl (C=O) groups excluding carboxylic acids is 1. The molecule has 1 fully saturated rings. The number of likely N-dealkylation sites (tertiary alicyclic amines) is 1. The highest BCUT2D eigenvalue weighted by molar-refractivity contribution is 5.77. The molecule has 1 amide bonds. The van der Waals surface area contributed by atoms with Crippen molar-refractivity contribution in [3.8, 4) is 6.07 Å². The van der Waals surface area contributed by atoms with Crippen molar-refractivity contribution in [2.75, 3.05) is 20.1 Å². The van der Waals surface area contributed by atoms with E-state index >= 15 is 0 Å². The molecule has 4 nitrogen and oxygen atoms in total. The van der Waals surface area contributed by atoms with Crippen LogP contribution in [0.5, 0.6) is 0 Å². The fourth-order valence-electron chi connectivity index (χ4n) is 2.17. The van der Waals surface area contributed by atoms with E-state index in [1.807, 2.05) is 7.05 Å². The third-order valence-electron chi connectivity index (χ3n) is 4.40. The van der Waals surface area contributed by atoms with Crippen molar-refractivity contribution < 1.29 is 4.79 Å². The van der Waals surface area contributed by atoms with Crippen molar-refractivity contribution in [1.29, 1.82) is 5.26 Å². The van der Waals surface area contributed by atoms with Gasteiger partial charge in [-0.2, -0.15) is 5.26 Å². The summed E-state index contributed by atoms with van der Waals surface area (Å²) < 4.78 is 0. The first-order chi connectivity index (χ1) is 8.68. The Hall–Kier alpha value is -1.08. The van der Waals surface area contributed by atoms with Crippen LogP contribution in [0.25, 0.3) is 0 Å². The van der Waals surface area contributed by atoms with Gasteiger partial charge in [0.2, 0.25) is 5.91 Å². The second kappa shape index (κ2) is 5.92. The van der Waals surface area contributed by atoms with Crippen LogP contribution >= 0.6 is 0 Å². The summed E-state index contributed by atoms with van der Waals surface area (Å²) >= 11 is 0. The van der Waals surface area contributed by atoms with E-state index in [-0.39, 0.29) is 11.3 Å². The molecule has 0 aliphatic carbocycles. The molecule has 1 aliphatic heterocycles. The maximum absolute atomic E-state index is 12.1. The van der Waals surface area contributed by atoms with Crippen LogP contribution in [-0.4, -0.2) is 36.5 Å². The van der Waals surface area contributed by atoms with E-state index in [0.717, 1.165) is 25.9 Å². The lowest BCUT2D eigenvalue weighted by Crippen LogP contribution is -2.54. The number of rotatable bonds is 3. The van der Waals surface area contributed by atoms with Gasteiger partial charge < -0.3 is 10.2 Å². The Bertz CT molecular complexity index is 357. The predicted octanol–water partition coefficient (Wildman–Crippen LogP) is 2.16. The second-order valence-corrected chi connectivity index (χ2v) is 7.02. The summed E-state index contributed by atoms with van der Waals surface area (Å²) in [5.74, 6) is 0.308. The largest absolute Gasteiger partial charge is 0.338 e. The molecule has 1 saturated heterocycles. The van der Waals surface area contributed by atoms with Crippen LogP contribution in [-0.2, 0) is 4.79 Å². The summed E-state index contributed by atoms with van der Waals surface area (Å²) in [6.07, 6.45) is 1.92. The number of hydrogen-bond donors (Lipinski definition) is 1. The van der Waals surface area contributed by atoms with E-state index in [9.17, 15) is 10.1 Å². The molecule has 1 rings (SSSR count). The van der Waals surface area contributed by atoms with Crippen LogP contribution < -0.4 is 5.32 Å². The van der Waals surface area contributed by atoms with Gasteiger partial charge in [0.25, 0.3) is 0 Å². The highest BCUT2D eigenvalue weighted by atomic mass is 16.1. The molecule has 19 heavy (non-hydrogen) atoms. The van der Waals surface area contributed by atoms with Gasteiger partial charge in [-0.3, -0.25) is 4.79 Å². The number of hydrogen-bond acceptors (Lipinski definition) is 3. The number of amides is 1. The van der Waals surface area contributed by atoms with E-state index in [0.29, 0.717) is 12.3 Å². The van der Waals surface area contributed by atoms with E-state index in [1.54, 1.807) is 0 Å². The summed E-state index contributed by atoms with van der Waals surface area (Å²) in [5, 5.41) is 12.4. The van der Waals surface area contributed by atoms with E-state index in [2.05, 4.69) is 44.0 Å². The summed E-state index contributed by atoms with van der Waals surface area (Å²) in [4.78, 5) is 14.3. The average molecular weight is 265 g/mol. The van der Waals surface area contributed by atoms with Gasteiger partial charge >= 0.3 is 0 Å². The Morgan fingerprint density at radius 1 is 1.42 bits per heavy atom. The Labute approximate surface area is 117 Å². The molecular formula is C15H27N3O. The van der Waals surface area contributed by atoms with Crippen molar-refractivity contribution in [1.82, 2.24) is 10.2 Å². The molecule has 0 radical (unpaired) electrons. The molecule has 1 unspecified atom stereocenters. The molecule has 1 N–H and O–H groups in total. The molecule has 0 aromatic rings. The first-order valence-electron chi connectivity index (χ1n) is 7.09. The second-order valence-electron chi connectivity index (χ2n) is 7.02. The molecule has 0 saturated carbocycles. The Balaban J connectivity index is 2.58. The maximum Gasteiger partial charge on any atom is 0.221 e. The van der Waals surface area contributed by atoms with E-state index in [1.165, 1.54) is 0 Å². The van der Waals surface area contributed by atoms with Gasteiger partial charge in [-0.1, -0.05) is 27.7 Å². The molecule has 0 spiro atoms. The molecule has 1 aliphatic rings. The quantitative estimate of drug-likeness (QED) is 0.851. The first kappa shape index (κ1) is 16.0. The minimum atomic E-state index is -0.652. The molecule has 108 valence electrons. The topological polar surface area (TPSA) is 56.1 Å². The zero-order valence-electron chi connectivity index (χ0n) is 12.9. The lowest BCUT2D eigenvalue weighted by atomic mass is 9.79. The van der Waals surface area contributed by atoms with Gasteiger partial charge in [0, 0.05) is 19.5 Å². The van der Waals surface area contributed by atoms with Crippen molar-refractivity contribution in [2.45, 2.75) is 52.5 Å². The summed E-state index contributed by atoms with van der Waals surface area (Å²) in [5.41, 5.74) is -0.537. The minimum absolute atomic E-state index is 0.00790. The third-order valence-corrected chi connectivity index (χ3v) is 4.40. The Kier molecular flexibility index (Phi) is 4.98. The zero-order valence-corrected chi connectivity index (χ0v) is 12.9. The van der Waals surface area contributed by atoms with Crippen LogP contribution in [0.4, 0.5) is 0 Å². The fraction of sp³-hybridized carbons (Fsp3) is 0.867. The molecule has 0 bridgehead atoms. The molecule has 4 heteroatoms. The smallest absolute Gasteiger partial charge is 0.221 e. The Morgan fingerprint density at radius 2 is 1.95 bits per heavy atom. The number of piperidine rings is 1. The predicted molar refractivity (Wildman–Crippen MR) is 76.5 cm³/mol. The maximum atomic E-state index is 12.1. The number of nitriles is 1. The number of nitrogens with zero attached hydrogens (tertiary/aromatic N) is 2. The summed E-state index contributed by atoms with van der Waals surface area (Å²) in [6, 6.07) is 2.32. The lowest BCUT2D eigenvalue weighted by molar-refractivity contribution is -0.124. The molecule has 0 aromatic heterocycles. The van der Waals surface area contributed by atoms with Crippen molar-refractivity contribution in [2.24, 2.45) is 11.3 Å². The van der Waals surface area contributed by atoms with Crippen LogP contribution in [0, 0.1) is 22.7 Å². The highest BCUT2D eigenvalue weighted by Gasteiger charge is 2.36. The molecule has 0 aromatic carbocycles. The van der Waals surface area contributed by atoms with Crippen LogP contribution in [0.1, 0.15) is 47.0 Å². The van der Waals surface area contributed by atoms with Crippen molar-refractivity contribution >= 4 is 5.91 Å². The normalized spacial score (nSPS) is 21.5. The van der Waals surface area contributed by atoms with Gasteiger partial charge in [-0.15, -0.1) is 0 Å². The highest BCUT2D eigenvalue weighted by Crippen LogP contribution is 2.28. The average Bonchev–Trinajstić information content (AvgIpc) is 2.31. The fourth-order valence-corrected chi connectivity index (χ4v) is 2.17. The van der Waals surface area contributed by atoms with Gasteiger partial charge in [0.1, 0.15) is 5.54 Å². The zero-order chi connectivity index (χ0) is 14.7. The van der Waals surface area contributed by atoms with E-state index < -0.39 is 5.54 Å². The lowest BCUT2D eigenvalue weighted by Gasteiger charge is -2.36. The minimum Gasteiger partial charge on any atom is -0.338 e. The summed E-state index contributed by atoms with van der Waals surface area (Å²) in [7, 11) is 2.05. The first-order valence-corrected chi connectivity index (χ1v) is 7.09. The van der Waals surface area contributed by atoms with Crippen LogP contribution in [0.2, 0.25) is 0 Å². The monoisotopic (exact) mass is 265 g/mol. The standard InChI is InChI=1S/C15H27N3O/c1-12(14(2,3)4)10-13(19)17-15(11-16)6-8-18(5)9-7-15/h12H,6-10H2,1-5H3,(H,17,19). The van der Waals surface area contributed by atoms with Crippen molar-refractivity contribution in [3.63, 3.8) is 0 Å². The van der Waals surface area contributed by atoms with Crippen molar-refractivity contribution in [3.05, 3.63) is 0 Å².